The summed E-state index contributed by atoms with van der Waals surface area (Å²) < 4.78 is 51.4. The molecular formula is C15H18F4N2O2. The topological polar surface area (TPSA) is 52.6 Å². The molecule has 128 valence electrons. The van der Waals surface area contributed by atoms with Crippen LogP contribution >= 0.6 is 0 Å². The van der Waals surface area contributed by atoms with E-state index in [1.807, 2.05) is 0 Å². The number of benzene rings is 1. The predicted molar refractivity (Wildman–Crippen MR) is 75.3 cm³/mol. The van der Waals surface area contributed by atoms with E-state index in [9.17, 15) is 27.5 Å². The van der Waals surface area contributed by atoms with Crippen molar-refractivity contribution in [3.8, 4) is 0 Å². The molecule has 0 unspecified atom stereocenters. The van der Waals surface area contributed by atoms with Gasteiger partial charge in [-0.25, -0.2) is 9.18 Å². The quantitative estimate of drug-likeness (QED) is 0.835. The van der Waals surface area contributed by atoms with Gasteiger partial charge >= 0.3 is 12.2 Å². The van der Waals surface area contributed by atoms with Gasteiger partial charge in [-0.2, -0.15) is 13.2 Å². The van der Waals surface area contributed by atoms with E-state index < -0.39 is 30.7 Å². The van der Waals surface area contributed by atoms with Crippen molar-refractivity contribution in [2.24, 2.45) is 0 Å². The highest BCUT2D eigenvalue weighted by atomic mass is 19.4. The van der Waals surface area contributed by atoms with Gasteiger partial charge in [0.05, 0.1) is 0 Å². The van der Waals surface area contributed by atoms with Crippen molar-refractivity contribution in [2.75, 3.05) is 19.6 Å². The summed E-state index contributed by atoms with van der Waals surface area (Å²) in [5, 5.41) is 12.1. The summed E-state index contributed by atoms with van der Waals surface area (Å²) in [5.41, 5.74) is -2.27. The molecule has 0 aromatic heterocycles. The van der Waals surface area contributed by atoms with Crippen molar-refractivity contribution in [3.05, 3.63) is 35.6 Å². The van der Waals surface area contributed by atoms with Gasteiger partial charge in [0.15, 0.2) is 5.60 Å². The smallest absolute Gasteiger partial charge is 0.380 e. The third-order valence-electron chi connectivity index (χ3n) is 4.03. The number of aliphatic hydroxyl groups is 1. The number of likely N-dealkylation sites (tertiary alicyclic amines) is 1. The zero-order valence-corrected chi connectivity index (χ0v) is 12.4. The first-order valence-electron chi connectivity index (χ1n) is 7.28. The summed E-state index contributed by atoms with van der Waals surface area (Å²) in [5.74, 6) is -0.366. The number of urea groups is 1. The molecule has 0 atom stereocenters. The van der Waals surface area contributed by atoms with Crippen LogP contribution in [-0.4, -0.2) is 47.4 Å². The first kappa shape index (κ1) is 17.5. The predicted octanol–water partition coefficient (Wildman–Crippen LogP) is 2.47. The Morgan fingerprint density at radius 1 is 1.26 bits per heavy atom. The minimum absolute atomic E-state index is 0.179. The van der Waals surface area contributed by atoms with Crippen molar-refractivity contribution in [2.45, 2.75) is 31.0 Å². The van der Waals surface area contributed by atoms with Crippen LogP contribution in [0.15, 0.2) is 24.3 Å². The third kappa shape index (κ3) is 4.13. The first-order valence-corrected chi connectivity index (χ1v) is 7.28. The van der Waals surface area contributed by atoms with Gasteiger partial charge in [-0.1, -0.05) is 18.2 Å². The number of nitrogens with zero attached hydrogens (tertiary/aromatic N) is 1. The second kappa shape index (κ2) is 6.74. The monoisotopic (exact) mass is 334 g/mol. The number of rotatable bonds is 3. The van der Waals surface area contributed by atoms with Gasteiger partial charge in [-0.3, -0.25) is 0 Å². The average Bonchev–Trinajstić information content (AvgIpc) is 2.48. The van der Waals surface area contributed by atoms with Gasteiger partial charge < -0.3 is 15.3 Å². The summed E-state index contributed by atoms with van der Waals surface area (Å²) in [7, 11) is 0. The molecule has 2 rings (SSSR count). The normalized spacial score (nSPS) is 17.9. The SMILES string of the molecule is O=C(NCCc1ccccc1F)N1CCC(O)(C(F)(F)F)CC1. The summed E-state index contributed by atoms with van der Waals surface area (Å²) in [6.45, 7) is -0.178. The number of carbonyl (C=O) groups excluding carboxylic acids is 1. The van der Waals surface area contributed by atoms with Gasteiger partial charge in [0.2, 0.25) is 0 Å². The van der Waals surface area contributed by atoms with E-state index >= 15 is 0 Å². The van der Waals surface area contributed by atoms with E-state index in [4.69, 9.17) is 0 Å². The highest BCUT2D eigenvalue weighted by molar-refractivity contribution is 5.74. The number of halogens is 4. The zero-order chi connectivity index (χ0) is 17.1. The summed E-state index contributed by atoms with van der Waals surface area (Å²) >= 11 is 0. The first-order chi connectivity index (χ1) is 10.7. The largest absolute Gasteiger partial charge is 0.417 e. The number of carbonyl (C=O) groups is 1. The number of nitrogens with one attached hydrogen (secondary N) is 1. The summed E-state index contributed by atoms with van der Waals surface area (Å²) in [6, 6.07) is 5.66. The molecule has 8 heteroatoms. The Balaban J connectivity index is 1.79. The van der Waals surface area contributed by atoms with E-state index in [2.05, 4.69) is 5.32 Å². The number of alkyl halides is 3. The van der Waals surface area contributed by atoms with E-state index in [-0.39, 0.29) is 25.5 Å². The van der Waals surface area contributed by atoms with Crippen LogP contribution in [0.25, 0.3) is 0 Å². The maximum atomic E-state index is 13.4. The molecule has 0 bridgehead atoms. The molecule has 1 heterocycles. The van der Waals surface area contributed by atoms with Crippen molar-refractivity contribution in [3.63, 3.8) is 0 Å². The van der Waals surface area contributed by atoms with Crippen molar-refractivity contribution in [1.29, 1.82) is 0 Å². The van der Waals surface area contributed by atoms with Gasteiger partial charge in [-0.15, -0.1) is 0 Å². The molecule has 1 saturated heterocycles. The molecule has 0 aliphatic carbocycles. The lowest BCUT2D eigenvalue weighted by Gasteiger charge is -2.39. The maximum Gasteiger partial charge on any atom is 0.417 e. The van der Waals surface area contributed by atoms with E-state index in [0.29, 0.717) is 12.0 Å². The standard InChI is InChI=1S/C15H18F4N2O2/c16-12-4-2-1-3-11(12)5-8-20-13(22)21-9-6-14(23,7-10-21)15(17,18)19/h1-4,23H,5-10H2,(H,20,22). The molecule has 0 radical (unpaired) electrons. The van der Waals surface area contributed by atoms with Crippen molar-refractivity contribution < 1.29 is 27.5 Å². The minimum Gasteiger partial charge on any atom is -0.380 e. The average molecular weight is 334 g/mol. The molecule has 1 aromatic rings. The Morgan fingerprint density at radius 2 is 1.87 bits per heavy atom. The van der Waals surface area contributed by atoms with Crippen LogP contribution in [0.5, 0.6) is 0 Å². The molecular weight excluding hydrogens is 316 g/mol. The second-order valence-electron chi connectivity index (χ2n) is 5.59. The van der Waals surface area contributed by atoms with Gasteiger partial charge in [0.25, 0.3) is 0 Å². The Hall–Kier alpha value is -1.83. The van der Waals surface area contributed by atoms with E-state index in [1.54, 1.807) is 18.2 Å². The van der Waals surface area contributed by atoms with Crippen LogP contribution < -0.4 is 5.32 Å². The Kier molecular flexibility index (Phi) is 5.13. The molecule has 1 aliphatic rings. The maximum absolute atomic E-state index is 13.4. The van der Waals surface area contributed by atoms with Crippen LogP contribution in [0.1, 0.15) is 18.4 Å². The lowest BCUT2D eigenvalue weighted by Crippen LogP contribution is -2.55. The van der Waals surface area contributed by atoms with Gasteiger partial charge in [-0.05, 0) is 18.1 Å². The number of piperidine rings is 1. The van der Waals surface area contributed by atoms with E-state index in [1.165, 1.54) is 11.0 Å². The molecule has 1 fully saturated rings. The fourth-order valence-corrected chi connectivity index (χ4v) is 2.48. The highest BCUT2D eigenvalue weighted by Crippen LogP contribution is 2.38. The number of amides is 2. The molecule has 4 nitrogen and oxygen atoms in total. The summed E-state index contributed by atoms with van der Waals surface area (Å²) in [4.78, 5) is 13.1. The molecule has 0 saturated carbocycles. The van der Waals surface area contributed by atoms with Crippen LogP contribution in [0, 0.1) is 5.82 Å². The molecule has 1 aromatic carbocycles. The zero-order valence-electron chi connectivity index (χ0n) is 12.4. The third-order valence-corrected chi connectivity index (χ3v) is 4.03. The van der Waals surface area contributed by atoms with Crippen molar-refractivity contribution in [1.82, 2.24) is 10.2 Å². The van der Waals surface area contributed by atoms with Crippen molar-refractivity contribution >= 4 is 6.03 Å². The lowest BCUT2D eigenvalue weighted by molar-refractivity contribution is -0.271. The minimum atomic E-state index is -4.69. The van der Waals surface area contributed by atoms with E-state index in [0.717, 1.165) is 0 Å². The second-order valence-corrected chi connectivity index (χ2v) is 5.59. The van der Waals surface area contributed by atoms with Crippen LogP contribution in [-0.2, 0) is 6.42 Å². The fourth-order valence-electron chi connectivity index (χ4n) is 2.48. The van der Waals surface area contributed by atoms with Crippen LogP contribution in [0.4, 0.5) is 22.4 Å². The van der Waals surface area contributed by atoms with Crippen LogP contribution in [0.2, 0.25) is 0 Å². The fraction of sp³-hybridized carbons (Fsp3) is 0.533. The van der Waals surface area contributed by atoms with Gasteiger partial charge in [0, 0.05) is 32.5 Å². The highest BCUT2D eigenvalue weighted by Gasteiger charge is 2.54. The molecule has 23 heavy (non-hydrogen) atoms. The van der Waals surface area contributed by atoms with Crippen LogP contribution in [0.3, 0.4) is 0 Å². The van der Waals surface area contributed by atoms with Gasteiger partial charge in [0.1, 0.15) is 5.82 Å². The Labute approximate surface area is 131 Å². The molecule has 1 aliphatic heterocycles. The lowest BCUT2D eigenvalue weighted by atomic mass is 9.91. The number of hydrogen-bond acceptors (Lipinski definition) is 2. The Bertz CT molecular complexity index is 555. The molecule has 2 N–H and O–H groups in total. The Morgan fingerprint density at radius 3 is 2.43 bits per heavy atom. The molecule has 0 spiro atoms. The molecule has 2 amide bonds. The number of hydrogen-bond donors (Lipinski definition) is 2. The summed E-state index contributed by atoms with van der Waals surface area (Å²) in [6.07, 6.45) is -5.49.